The molecule has 0 aliphatic carbocycles. The first-order valence-electron chi connectivity index (χ1n) is 8.24. The predicted molar refractivity (Wildman–Crippen MR) is 97.1 cm³/mol. The van der Waals surface area contributed by atoms with Crippen LogP contribution in [0.5, 0.6) is 0 Å². The van der Waals surface area contributed by atoms with Gasteiger partial charge >= 0.3 is 0 Å². The van der Waals surface area contributed by atoms with Crippen LogP contribution in [0.15, 0.2) is 46.9 Å². The van der Waals surface area contributed by atoms with Crippen LogP contribution in [-0.2, 0) is 11.3 Å². The van der Waals surface area contributed by atoms with Crippen LogP contribution >= 0.6 is 15.9 Å². The number of nitrogens with one attached hydrogen (secondary N) is 1. The van der Waals surface area contributed by atoms with E-state index in [0.717, 1.165) is 19.4 Å². The first-order chi connectivity index (χ1) is 12.0. The molecule has 3 nitrogen and oxygen atoms in total. The number of amides is 1. The Balaban J connectivity index is 1.62. The maximum absolute atomic E-state index is 13.9. The highest BCUT2D eigenvalue weighted by Crippen LogP contribution is 2.23. The summed E-state index contributed by atoms with van der Waals surface area (Å²) in [5, 5.41) is 2.67. The van der Waals surface area contributed by atoms with Gasteiger partial charge < -0.3 is 5.32 Å². The average molecular weight is 409 g/mol. The Hall–Kier alpha value is -1.79. The largest absolute Gasteiger partial charge is 0.323 e. The average Bonchev–Trinajstić information content (AvgIpc) is 2.60. The van der Waals surface area contributed by atoms with Crippen molar-refractivity contribution in [2.75, 3.05) is 18.4 Å². The van der Waals surface area contributed by atoms with Gasteiger partial charge in [-0.25, -0.2) is 8.78 Å². The molecule has 2 aromatic carbocycles. The molecule has 0 spiro atoms. The summed E-state index contributed by atoms with van der Waals surface area (Å²) in [4.78, 5) is 14.6. The van der Waals surface area contributed by atoms with Crippen molar-refractivity contribution in [3.05, 3.63) is 64.1 Å². The third-order valence-corrected chi connectivity index (χ3v) is 4.91. The van der Waals surface area contributed by atoms with Crippen molar-refractivity contribution >= 4 is 27.5 Å². The number of benzene rings is 2. The number of nitrogens with zero attached hydrogens (tertiary/aromatic N) is 1. The van der Waals surface area contributed by atoms with Gasteiger partial charge in [-0.2, -0.15) is 0 Å². The number of anilines is 1. The number of rotatable bonds is 4. The van der Waals surface area contributed by atoms with Crippen LogP contribution < -0.4 is 5.32 Å². The molecule has 3 rings (SSSR count). The van der Waals surface area contributed by atoms with Crippen molar-refractivity contribution in [1.82, 2.24) is 4.90 Å². The summed E-state index contributed by atoms with van der Waals surface area (Å²) >= 11 is 3.19. The van der Waals surface area contributed by atoms with E-state index < -0.39 is 5.82 Å². The highest BCUT2D eigenvalue weighted by molar-refractivity contribution is 9.10. The fourth-order valence-corrected chi connectivity index (χ4v) is 3.44. The van der Waals surface area contributed by atoms with Crippen molar-refractivity contribution in [3.63, 3.8) is 0 Å². The molecule has 1 amide bonds. The molecule has 6 heteroatoms. The van der Waals surface area contributed by atoms with Crippen LogP contribution in [0.1, 0.15) is 18.4 Å². The van der Waals surface area contributed by atoms with Gasteiger partial charge in [0.05, 0.1) is 11.6 Å². The fraction of sp³-hybridized carbons (Fsp3) is 0.316. The van der Waals surface area contributed by atoms with Crippen LogP contribution in [0, 0.1) is 17.6 Å². The molecule has 1 unspecified atom stereocenters. The Morgan fingerprint density at radius 2 is 2.00 bits per heavy atom. The van der Waals surface area contributed by atoms with Gasteiger partial charge in [-0.05, 0) is 43.7 Å². The Morgan fingerprint density at radius 3 is 2.76 bits per heavy atom. The predicted octanol–water partition coefficient (Wildman–Crippen LogP) is 4.58. The summed E-state index contributed by atoms with van der Waals surface area (Å²) in [7, 11) is 0. The summed E-state index contributed by atoms with van der Waals surface area (Å²) in [5.41, 5.74) is 0.807. The molecule has 2 aromatic rings. The smallest absolute Gasteiger partial charge is 0.228 e. The summed E-state index contributed by atoms with van der Waals surface area (Å²) < 4.78 is 28.3. The minimum Gasteiger partial charge on any atom is -0.323 e. The maximum atomic E-state index is 13.9. The minimum absolute atomic E-state index is 0.180. The Bertz CT molecular complexity index is 769. The number of piperidine rings is 1. The number of carbonyl (C=O) groups excluding carboxylic acids is 1. The fourth-order valence-electron chi connectivity index (χ4n) is 3.11. The van der Waals surface area contributed by atoms with Crippen LogP contribution in [0.25, 0.3) is 0 Å². The molecule has 1 aliphatic rings. The van der Waals surface area contributed by atoms with Crippen LogP contribution in [0.4, 0.5) is 14.5 Å². The van der Waals surface area contributed by atoms with Crippen molar-refractivity contribution in [2.45, 2.75) is 19.4 Å². The first-order valence-corrected chi connectivity index (χ1v) is 9.04. The van der Waals surface area contributed by atoms with Crippen molar-refractivity contribution in [2.24, 2.45) is 5.92 Å². The molecule has 0 aromatic heterocycles. The van der Waals surface area contributed by atoms with E-state index in [4.69, 9.17) is 0 Å². The van der Waals surface area contributed by atoms with Gasteiger partial charge in [-0.15, -0.1) is 0 Å². The number of carbonyl (C=O) groups is 1. The Kier molecular flexibility index (Phi) is 5.81. The molecule has 1 atom stereocenters. The second-order valence-electron chi connectivity index (χ2n) is 6.28. The molecule has 25 heavy (non-hydrogen) atoms. The molecule has 1 N–H and O–H groups in total. The number of hydrogen-bond donors (Lipinski definition) is 1. The number of hydrogen-bond acceptors (Lipinski definition) is 2. The van der Waals surface area contributed by atoms with Gasteiger partial charge in [-0.1, -0.05) is 34.1 Å². The molecule has 132 valence electrons. The lowest BCUT2D eigenvalue weighted by Gasteiger charge is -2.32. The van der Waals surface area contributed by atoms with Gasteiger partial charge in [-0.3, -0.25) is 9.69 Å². The molecule has 1 fully saturated rings. The van der Waals surface area contributed by atoms with E-state index in [0.29, 0.717) is 23.1 Å². The third-order valence-electron chi connectivity index (χ3n) is 4.42. The van der Waals surface area contributed by atoms with Crippen LogP contribution in [-0.4, -0.2) is 23.9 Å². The Morgan fingerprint density at radius 1 is 1.20 bits per heavy atom. The lowest BCUT2D eigenvalue weighted by atomic mass is 9.96. The second kappa shape index (κ2) is 8.06. The van der Waals surface area contributed by atoms with E-state index in [-0.39, 0.29) is 23.3 Å². The summed E-state index contributed by atoms with van der Waals surface area (Å²) in [5.74, 6) is -1.13. The van der Waals surface area contributed by atoms with Gasteiger partial charge in [0, 0.05) is 23.1 Å². The first kappa shape index (κ1) is 18.0. The topological polar surface area (TPSA) is 32.3 Å². The van der Waals surface area contributed by atoms with E-state index in [1.165, 1.54) is 18.2 Å². The molecule has 0 saturated carbocycles. The standard InChI is InChI=1S/C19H19BrF2N2O/c20-15-7-8-18(17(22)10-15)23-19(25)14-5-3-9-24(12-14)11-13-4-1-2-6-16(13)21/h1-2,4,6-8,10,14H,3,5,9,11-12H2,(H,23,25). The van der Waals surface area contributed by atoms with E-state index in [1.807, 2.05) is 6.07 Å². The molecule has 0 radical (unpaired) electrons. The van der Waals surface area contributed by atoms with Gasteiger partial charge in [0.1, 0.15) is 11.6 Å². The normalized spacial score (nSPS) is 18.1. The zero-order valence-electron chi connectivity index (χ0n) is 13.6. The maximum Gasteiger partial charge on any atom is 0.228 e. The zero-order valence-corrected chi connectivity index (χ0v) is 15.2. The number of halogens is 3. The van der Waals surface area contributed by atoms with E-state index in [1.54, 1.807) is 18.2 Å². The minimum atomic E-state index is -0.471. The lowest BCUT2D eigenvalue weighted by molar-refractivity contribution is -0.121. The van der Waals surface area contributed by atoms with E-state index >= 15 is 0 Å². The van der Waals surface area contributed by atoms with Crippen molar-refractivity contribution < 1.29 is 13.6 Å². The molecular weight excluding hydrogens is 390 g/mol. The summed E-state index contributed by atoms with van der Waals surface area (Å²) in [6.07, 6.45) is 1.60. The van der Waals surface area contributed by atoms with Crippen LogP contribution in [0.3, 0.4) is 0 Å². The summed E-state index contributed by atoms with van der Waals surface area (Å²) in [6.45, 7) is 1.84. The van der Waals surface area contributed by atoms with Gasteiger partial charge in [0.2, 0.25) is 5.91 Å². The zero-order chi connectivity index (χ0) is 17.8. The third kappa shape index (κ3) is 4.64. The lowest BCUT2D eigenvalue weighted by Crippen LogP contribution is -2.40. The van der Waals surface area contributed by atoms with Crippen LogP contribution in [0.2, 0.25) is 0 Å². The Labute approximate surface area is 154 Å². The second-order valence-corrected chi connectivity index (χ2v) is 7.19. The molecular formula is C19H19BrF2N2O. The van der Waals surface area contributed by atoms with Gasteiger partial charge in [0.15, 0.2) is 0 Å². The SMILES string of the molecule is O=C(Nc1ccc(Br)cc1F)C1CCCN(Cc2ccccc2F)C1. The summed E-state index contributed by atoms with van der Waals surface area (Å²) in [6, 6.07) is 11.2. The molecule has 1 heterocycles. The van der Waals surface area contributed by atoms with E-state index in [9.17, 15) is 13.6 Å². The van der Waals surface area contributed by atoms with E-state index in [2.05, 4.69) is 26.1 Å². The monoisotopic (exact) mass is 408 g/mol. The highest BCUT2D eigenvalue weighted by atomic mass is 79.9. The molecule has 0 bridgehead atoms. The molecule has 1 aliphatic heterocycles. The van der Waals surface area contributed by atoms with Crippen molar-refractivity contribution in [1.29, 1.82) is 0 Å². The number of likely N-dealkylation sites (tertiary alicyclic amines) is 1. The molecule has 1 saturated heterocycles. The van der Waals surface area contributed by atoms with Gasteiger partial charge in [0.25, 0.3) is 0 Å². The van der Waals surface area contributed by atoms with Crippen molar-refractivity contribution in [3.8, 4) is 0 Å². The quantitative estimate of drug-likeness (QED) is 0.802. The highest BCUT2D eigenvalue weighted by Gasteiger charge is 2.26.